The van der Waals surface area contributed by atoms with Crippen LogP contribution in [0.15, 0.2) is 17.2 Å². The third-order valence-corrected chi connectivity index (χ3v) is 1.39. The summed E-state index contributed by atoms with van der Waals surface area (Å²) in [5.74, 6) is 0.263. The van der Waals surface area contributed by atoms with E-state index in [2.05, 4.69) is 4.98 Å². The van der Waals surface area contributed by atoms with Gasteiger partial charge >= 0.3 is 11.8 Å². The van der Waals surface area contributed by atoms with Crippen molar-refractivity contribution in [1.82, 2.24) is 9.55 Å². The Hall–Kier alpha value is -1.52. The van der Waals surface area contributed by atoms with Crippen LogP contribution in [0.1, 0.15) is 13.8 Å². The van der Waals surface area contributed by atoms with Gasteiger partial charge < -0.3 is 9.72 Å². The van der Waals surface area contributed by atoms with Crippen molar-refractivity contribution in [3.8, 4) is 0 Å². The quantitative estimate of drug-likeness (QED) is 0.739. The van der Waals surface area contributed by atoms with E-state index in [4.69, 9.17) is 4.74 Å². The third kappa shape index (κ3) is 2.47. The van der Waals surface area contributed by atoms with E-state index in [1.807, 2.05) is 13.8 Å². The molecule has 0 radical (unpaired) electrons. The Labute approximate surface area is 75.3 Å². The van der Waals surface area contributed by atoms with Crippen LogP contribution >= 0.6 is 0 Å². The number of nitrogens with one attached hydrogen (secondary N) is 1. The number of aromatic nitrogens is 2. The van der Waals surface area contributed by atoms with Crippen LogP contribution in [-0.2, 0) is 4.74 Å². The molecular formula is C8H12N2O3. The average molecular weight is 184 g/mol. The van der Waals surface area contributed by atoms with Crippen LogP contribution in [0.2, 0.25) is 0 Å². The second kappa shape index (κ2) is 3.93. The molecule has 1 heterocycles. The summed E-state index contributed by atoms with van der Waals surface area (Å²) < 4.78 is 5.72. The summed E-state index contributed by atoms with van der Waals surface area (Å²) in [5.41, 5.74) is -0.478. The molecule has 1 aromatic heterocycles. The molecule has 1 rings (SSSR count). The van der Waals surface area contributed by atoms with E-state index >= 15 is 0 Å². The lowest BCUT2D eigenvalue weighted by atomic mass is 10.2. The Morgan fingerprint density at radius 3 is 2.85 bits per heavy atom. The molecule has 5 nitrogen and oxygen atoms in total. The average Bonchev–Trinajstić information content (AvgIpc) is 2.47. The monoisotopic (exact) mass is 184 g/mol. The van der Waals surface area contributed by atoms with Crippen molar-refractivity contribution in [1.29, 1.82) is 0 Å². The van der Waals surface area contributed by atoms with E-state index in [0.717, 1.165) is 4.57 Å². The summed E-state index contributed by atoms with van der Waals surface area (Å²) in [6, 6.07) is 0. The molecule has 0 aliphatic heterocycles. The highest BCUT2D eigenvalue weighted by molar-refractivity contribution is 5.69. The summed E-state index contributed by atoms with van der Waals surface area (Å²) in [6.07, 6.45) is 2.09. The second-order valence-corrected chi connectivity index (χ2v) is 3.11. The highest BCUT2D eigenvalue weighted by Crippen LogP contribution is 1.94. The number of nitrogens with zero attached hydrogens (tertiary/aromatic N) is 1. The lowest BCUT2D eigenvalue weighted by Gasteiger charge is -2.05. The highest BCUT2D eigenvalue weighted by Gasteiger charge is 2.08. The third-order valence-electron chi connectivity index (χ3n) is 1.39. The van der Waals surface area contributed by atoms with Crippen LogP contribution in [0.25, 0.3) is 0 Å². The molecule has 0 bridgehead atoms. The predicted molar refractivity (Wildman–Crippen MR) is 46.6 cm³/mol. The van der Waals surface area contributed by atoms with Crippen molar-refractivity contribution in [3.63, 3.8) is 0 Å². The van der Waals surface area contributed by atoms with E-state index < -0.39 is 11.8 Å². The first-order chi connectivity index (χ1) is 6.11. The standard InChI is InChI=1S/C8H12N2O3/c1-6(2)5-13-8(12)10-4-3-9-7(10)11/h3-4,6H,5H2,1-2H3,(H,9,11). The molecule has 0 unspecified atom stereocenters. The van der Waals surface area contributed by atoms with Gasteiger partial charge in [-0.15, -0.1) is 0 Å². The number of carbonyl (C=O) groups is 1. The van der Waals surface area contributed by atoms with Crippen LogP contribution in [0.5, 0.6) is 0 Å². The molecule has 0 fully saturated rings. The topological polar surface area (TPSA) is 64.1 Å². The molecule has 0 aromatic carbocycles. The van der Waals surface area contributed by atoms with E-state index in [9.17, 15) is 9.59 Å². The van der Waals surface area contributed by atoms with E-state index in [1.54, 1.807) is 0 Å². The first-order valence-corrected chi connectivity index (χ1v) is 4.04. The molecule has 1 N–H and O–H groups in total. The summed E-state index contributed by atoms with van der Waals surface area (Å²) >= 11 is 0. The molecule has 0 saturated heterocycles. The number of hydrogen-bond donors (Lipinski definition) is 1. The first-order valence-electron chi connectivity index (χ1n) is 4.04. The van der Waals surface area contributed by atoms with Gasteiger partial charge in [-0.2, -0.15) is 0 Å². The maximum absolute atomic E-state index is 11.2. The van der Waals surface area contributed by atoms with Gasteiger partial charge in [0.15, 0.2) is 0 Å². The van der Waals surface area contributed by atoms with Crippen LogP contribution in [0.3, 0.4) is 0 Å². The smallest absolute Gasteiger partial charge is 0.422 e. The van der Waals surface area contributed by atoms with Crippen molar-refractivity contribution in [3.05, 3.63) is 22.9 Å². The van der Waals surface area contributed by atoms with Gasteiger partial charge in [0.25, 0.3) is 0 Å². The number of carbonyl (C=O) groups excluding carboxylic acids is 1. The molecular weight excluding hydrogens is 172 g/mol. The van der Waals surface area contributed by atoms with Gasteiger partial charge in [0.05, 0.1) is 6.61 Å². The number of aromatic amines is 1. The van der Waals surface area contributed by atoms with Crippen molar-refractivity contribution in [2.24, 2.45) is 5.92 Å². The van der Waals surface area contributed by atoms with Crippen LogP contribution in [0, 0.1) is 5.92 Å². The van der Waals surface area contributed by atoms with E-state index in [0.29, 0.717) is 6.61 Å². The molecule has 0 aliphatic carbocycles. The number of imidazole rings is 1. The Balaban J connectivity index is 2.60. The van der Waals surface area contributed by atoms with Crippen molar-refractivity contribution in [2.75, 3.05) is 6.61 Å². The fourth-order valence-corrected chi connectivity index (χ4v) is 0.772. The SMILES string of the molecule is CC(C)COC(=O)n1cc[nH]c1=O. The number of H-pyrrole nitrogens is 1. The normalized spacial score (nSPS) is 10.4. The maximum atomic E-state index is 11.2. The maximum Gasteiger partial charge on any atom is 0.422 e. The summed E-state index contributed by atoms with van der Waals surface area (Å²) in [6.45, 7) is 4.16. The summed E-state index contributed by atoms with van der Waals surface area (Å²) in [7, 11) is 0. The van der Waals surface area contributed by atoms with Crippen molar-refractivity contribution < 1.29 is 9.53 Å². The largest absolute Gasteiger partial charge is 0.449 e. The van der Waals surface area contributed by atoms with Gasteiger partial charge in [-0.1, -0.05) is 13.8 Å². The Bertz CT molecular complexity index is 337. The lowest BCUT2D eigenvalue weighted by Crippen LogP contribution is -2.26. The number of ether oxygens (including phenoxy) is 1. The number of rotatable bonds is 2. The zero-order valence-electron chi connectivity index (χ0n) is 7.61. The zero-order chi connectivity index (χ0) is 9.84. The molecule has 0 saturated carbocycles. The second-order valence-electron chi connectivity index (χ2n) is 3.11. The van der Waals surface area contributed by atoms with Gasteiger partial charge in [-0.3, -0.25) is 0 Å². The minimum atomic E-state index is -0.639. The highest BCUT2D eigenvalue weighted by atomic mass is 16.5. The minimum absolute atomic E-state index is 0.263. The molecule has 0 spiro atoms. The first kappa shape index (κ1) is 9.57. The Morgan fingerprint density at radius 1 is 1.69 bits per heavy atom. The van der Waals surface area contributed by atoms with Gasteiger partial charge in [0.1, 0.15) is 0 Å². The van der Waals surface area contributed by atoms with Gasteiger partial charge in [-0.05, 0) is 5.92 Å². The van der Waals surface area contributed by atoms with Crippen LogP contribution in [-0.4, -0.2) is 22.3 Å². The van der Waals surface area contributed by atoms with Crippen LogP contribution < -0.4 is 5.69 Å². The molecule has 0 atom stereocenters. The Kier molecular flexibility index (Phi) is 2.89. The molecule has 1 aromatic rings. The zero-order valence-corrected chi connectivity index (χ0v) is 7.61. The molecule has 72 valence electrons. The van der Waals surface area contributed by atoms with Crippen molar-refractivity contribution in [2.45, 2.75) is 13.8 Å². The summed E-state index contributed by atoms with van der Waals surface area (Å²) in [4.78, 5) is 24.4. The van der Waals surface area contributed by atoms with Gasteiger partial charge in [0.2, 0.25) is 0 Å². The number of hydrogen-bond acceptors (Lipinski definition) is 3. The van der Waals surface area contributed by atoms with Crippen molar-refractivity contribution >= 4 is 6.09 Å². The van der Waals surface area contributed by atoms with E-state index in [-0.39, 0.29) is 5.92 Å². The molecule has 13 heavy (non-hydrogen) atoms. The minimum Gasteiger partial charge on any atom is -0.449 e. The molecule has 0 amide bonds. The van der Waals surface area contributed by atoms with E-state index in [1.165, 1.54) is 12.4 Å². The molecule has 5 heteroatoms. The van der Waals surface area contributed by atoms with Crippen LogP contribution in [0.4, 0.5) is 4.79 Å². The fourth-order valence-electron chi connectivity index (χ4n) is 0.772. The Morgan fingerprint density at radius 2 is 2.38 bits per heavy atom. The predicted octanol–water partition coefficient (Wildman–Crippen LogP) is 0.817. The summed E-state index contributed by atoms with van der Waals surface area (Å²) in [5, 5.41) is 0. The fraction of sp³-hybridized carbons (Fsp3) is 0.500. The van der Waals surface area contributed by atoms with Gasteiger partial charge in [-0.25, -0.2) is 14.2 Å². The van der Waals surface area contributed by atoms with Gasteiger partial charge in [0, 0.05) is 12.4 Å². The lowest BCUT2D eigenvalue weighted by molar-refractivity contribution is 0.133. The molecule has 0 aliphatic rings.